The number of aromatic nitrogens is 1. The first-order chi connectivity index (χ1) is 14.3. The molecule has 1 fully saturated rings. The number of aryl methyl sites for hydroxylation is 1. The number of nitrogens with one attached hydrogen (secondary N) is 1. The maximum atomic E-state index is 14.2. The smallest absolute Gasteiger partial charge is 0.314 e. The molecule has 1 aliphatic heterocycles. The lowest BCUT2D eigenvalue weighted by atomic mass is 10.0. The second-order valence-electron chi connectivity index (χ2n) is 7.25. The van der Waals surface area contributed by atoms with Crippen LogP contribution in [0.25, 0.3) is 0 Å². The Balaban J connectivity index is 1.68. The van der Waals surface area contributed by atoms with Crippen molar-refractivity contribution >= 4 is 17.7 Å². The van der Waals surface area contributed by atoms with E-state index >= 15 is 0 Å². The number of amides is 3. The van der Waals surface area contributed by atoms with E-state index in [0.717, 1.165) is 19.0 Å². The fourth-order valence-corrected chi connectivity index (χ4v) is 3.44. The Morgan fingerprint density at radius 1 is 1.17 bits per heavy atom. The van der Waals surface area contributed by atoms with E-state index in [9.17, 15) is 23.9 Å². The lowest BCUT2D eigenvalue weighted by Crippen LogP contribution is -2.38. The molecule has 0 spiro atoms. The summed E-state index contributed by atoms with van der Waals surface area (Å²) in [4.78, 5) is 41.7. The van der Waals surface area contributed by atoms with Crippen LogP contribution in [-0.4, -0.2) is 51.8 Å². The number of rotatable bonds is 4. The lowest BCUT2D eigenvalue weighted by Gasteiger charge is -2.18. The van der Waals surface area contributed by atoms with Gasteiger partial charge in [0.1, 0.15) is 11.3 Å². The molecule has 1 aromatic carbocycles. The summed E-state index contributed by atoms with van der Waals surface area (Å²) in [6, 6.07) is 5.21. The minimum Gasteiger partial charge on any atom is -0.505 e. The van der Waals surface area contributed by atoms with Crippen LogP contribution in [0.1, 0.15) is 51.2 Å². The maximum Gasteiger partial charge on any atom is 0.314 e. The summed E-state index contributed by atoms with van der Waals surface area (Å²) < 4.78 is 14.2. The first-order valence-electron chi connectivity index (χ1n) is 9.62. The van der Waals surface area contributed by atoms with Crippen molar-refractivity contribution in [2.24, 2.45) is 5.73 Å². The van der Waals surface area contributed by atoms with E-state index in [-0.39, 0.29) is 23.2 Å². The average molecular weight is 414 g/mol. The van der Waals surface area contributed by atoms with Gasteiger partial charge in [-0.2, -0.15) is 0 Å². The van der Waals surface area contributed by atoms with Gasteiger partial charge in [-0.15, -0.1) is 0 Å². The van der Waals surface area contributed by atoms with Gasteiger partial charge in [0.25, 0.3) is 5.91 Å². The third-order valence-corrected chi connectivity index (χ3v) is 5.19. The molecule has 158 valence electrons. The van der Waals surface area contributed by atoms with E-state index in [1.165, 1.54) is 31.2 Å². The minimum absolute atomic E-state index is 0.00505. The summed E-state index contributed by atoms with van der Waals surface area (Å²) in [7, 11) is 0. The highest BCUT2D eigenvalue weighted by molar-refractivity contribution is 6.11. The highest BCUT2D eigenvalue weighted by atomic mass is 19.1. The summed E-state index contributed by atoms with van der Waals surface area (Å²) in [5.74, 6) is -2.42. The Kier molecular flexibility index (Phi) is 6.29. The van der Waals surface area contributed by atoms with Gasteiger partial charge in [-0.05, 0) is 38.3 Å². The number of carbonyl (C=O) groups excluding carboxylic acids is 3. The predicted molar refractivity (Wildman–Crippen MR) is 107 cm³/mol. The van der Waals surface area contributed by atoms with Crippen molar-refractivity contribution in [2.45, 2.75) is 32.2 Å². The largest absolute Gasteiger partial charge is 0.505 e. The van der Waals surface area contributed by atoms with Gasteiger partial charge < -0.3 is 21.1 Å². The van der Waals surface area contributed by atoms with E-state index in [0.29, 0.717) is 25.1 Å². The molecule has 9 heteroatoms. The van der Waals surface area contributed by atoms with Gasteiger partial charge in [0.2, 0.25) is 0 Å². The number of aromatic hydroxyl groups is 1. The van der Waals surface area contributed by atoms with Gasteiger partial charge in [-0.25, -0.2) is 9.18 Å². The average Bonchev–Trinajstić information content (AvgIpc) is 2.97. The number of pyridine rings is 1. The number of likely N-dealkylation sites (tertiary alicyclic amines) is 1. The lowest BCUT2D eigenvalue weighted by molar-refractivity contribution is 0.0932. The second-order valence-corrected chi connectivity index (χ2v) is 7.25. The zero-order valence-corrected chi connectivity index (χ0v) is 16.5. The fourth-order valence-electron chi connectivity index (χ4n) is 3.44. The summed E-state index contributed by atoms with van der Waals surface area (Å²) in [5.41, 5.74) is 5.35. The van der Waals surface area contributed by atoms with Crippen LogP contribution in [-0.2, 0) is 0 Å². The SMILES string of the molecule is Cc1ncc(O)c(C(=O)c2ccc(C(=O)N[C@H]3CCCN(C(N)=O)CC3)cc2)c1F. The summed E-state index contributed by atoms with van der Waals surface area (Å²) in [6.07, 6.45) is 3.10. The molecule has 1 saturated heterocycles. The number of nitrogens with zero attached hydrogens (tertiary/aromatic N) is 2. The number of benzene rings is 1. The molecule has 3 rings (SSSR count). The molecular weight excluding hydrogens is 391 g/mol. The molecule has 0 bridgehead atoms. The molecule has 8 nitrogen and oxygen atoms in total. The van der Waals surface area contributed by atoms with E-state index < -0.39 is 28.9 Å². The minimum atomic E-state index is -0.875. The Morgan fingerprint density at radius 2 is 1.83 bits per heavy atom. The van der Waals surface area contributed by atoms with Gasteiger partial charge >= 0.3 is 6.03 Å². The van der Waals surface area contributed by atoms with Crippen molar-refractivity contribution < 1.29 is 23.9 Å². The highest BCUT2D eigenvalue weighted by Gasteiger charge is 2.23. The van der Waals surface area contributed by atoms with E-state index in [2.05, 4.69) is 10.3 Å². The first kappa shape index (κ1) is 21.2. The molecule has 0 saturated carbocycles. The Hall–Kier alpha value is -3.49. The molecule has 2 aromatic rings. The van der Waals surface area contributed by atoms with E-state index in [1.807, 2.05) is 0 Å². The van der Waals surface area contributed by atoms with Crippen LogP contribution < -0.4 is 11.1 Å². The van der Waals surface area contributed by atoms with Crippen LogP contribution >= 0.6 is 0 Å². The van der Waals surface area contributed by atoms with Crippen LogP contribution in [0.2, 0.25) is 0 Å². The van der Waals surface area contributed by atoms with Crippen molar-refractivity contribution in [1.82, 2.24) is 15.2 Å². The quantitative estimate of drug-likeness (QED) is 0.661. The molecule has 0 unspecified atom stereocenters. The predicted octanol–water partition coefficient (Wildman–Crippen LogP) is 2.13. The van der Waals surface area contributed by atoms with Crippen molar-refractivity contribution in [3.63, 3.8) is 0 Å². The monoisotopic (exact) mass is 414 g/mol. The molecular formula is C21H23FN4O4. The van der Waals surface area contributed by atoms with Crippen molar-refractivity contribution in [3.8, 4) is 5.75 Å². The number of ketones is 1. The number of carbonyl (C=O) groups is 3. The van der Waals surface area contributed by atoms with E-state index in [1.54, 1.807) is 4.90 Å². The molecule has 1 atom stereocenters. The molecule has 3 amide bonds. The second kappa shape index (κ2) is 8.89. The van der Waals surface area contributed by atoms with Crippen LogP contribution in [0.15, 0.2) is 30.5 Å². The molecule has 0 aliphatic carbocycles. The van der Waals surface area contributed by atoms with Crippen LogP contribution in [0.3, 0.4) is 0 Å². The van der Waals surface area contributed by atoms with Gasteiger partial charge in [0, 0.05) is 30.3 Å². The Labute approximate surface area is 172 Å². The molecule has 30 heavy (non-hydrogen) atoms. The molecule has 0 radical (unpaired) electrons. The number of primary amides is 1. The summed E-state index contributed by atoms with van der Waals surface area (Å²) in [5, 5.41) is 12.8. The standard InChI is InChI=1S/C21H23FN4O4/c1-12-18(22)17(16(27)11-24-12)19(28)13-4-6-14(7-5-13)20(29)25-15-3-2-9-26(10-8-15)21(23)30/h4-7,11,15,27H,2-3,8-10H2,1H3,(H2,23,30)(H,25,29)/t15-/m0/s1. The fraction of sp³-hybridized carbons (Fsp3) is 0.333. The normalized spacial score (nSPS) is 16.6. The van der Waals surface area contributed by atoms with Crippen molar-refractivity contribution in [1.29, 1.82) is 0 Å². The number of hydrogen-bond acceptors (Lipinski definition) is 5. The Morgan fingerprint density at radius 3 is 2.50 bits per heavy atom. The molecule has 2 heterocycles. The van der Waals surface area contributed by atoms with Gasteiger partial charge in [-0.3, -0.25) is 14.6 Å². The zero-order chi connectivity index (χ0) is 21.8. The van der Waals surface area contributed by atoms with Crippen molar-refractivity contribution in [2.75, 3.05) is 13.1 Å². The van der Waals surface area contributed by atoms with Gasteiger partial charge in [-0.1, -0.05) is 12.1 Å². The zero-order valence-electron chi connectivity index (χ0n) is 16.5. The summed E-state index contributed by atoms with van der Waals surface area (Å²) in [6.45, 7) is 2.44. The third kappa shape index (κ3) is 4.56. The molecule has 1 aliphatic rings. The summed E-state index contributed by atoms with van der Waals surface area (Å²) >= 11 is 0. The van der Waals surface area contributed by atoms with Gasteiger partial charge in [0.05, 0.1) is 11.9 Å². The Bertz CT molecular complexity index is 978. The number of halogens is 1. The topological polar surface area (TPSA) is 126 Å². The number of urea groups is 1. The van der Waals surface area contributed by atoms with Crippen LogP contribution in [0.4, 0.5) is 9.18 Å². The highest BCUT2D eigenvalue weighted by Crippen LogP contribution is 2.24. The number of nitrogens with two attached hydrogens (primary N) is 1. The van der Waals surface area contributed by atoms with Crippen molar-refractivity contribution in [3.05, 3.63) is 58.7 Å². The number of hydrogen-bond donors (Lipinski definition) is 3. The molecule has 1 aromatic heterocycles. The first-order valence-corrected chi connectivity index (χ1v) is 9.62. The van der Waals surface area contributed by atoms with Crippen LogP contribution in [0.5, 0.6) is 5.75 Å². The third-order valence-electron chi connectivity index (χ3n) is 5.19. The molecule has 4 N–H and O–H groups in total. The van der Waals surface area contributed by atoms with Gasteiger partial charge in [0.15, 0.2) is 11.6 Å². The van der Waals surface area contributed by atoms with E-state index in [4.69, 9.17) is 5.73 Å². The van der Waals surface area contributed by atoms with Crippen LogP contribution in [0, 0.1) is 12.7 Å². The maximum absolute atomic E-state index is 14.2.